The second-order valence-corrected chi connectivity index (χ2v) is 10.3. The van der Waals surface area contributed by atoms with Crippen molar-refractivity contribution < 1.29 is 13.2 Å². The van der Waals surface area contributed by atoms with E-state index in [0.717, 1.165) is 32.1 Å². The predicted molar refractivity (Wildman–Crippen MR) is 109 cm³/mol. The first-order chi connectivity index (χ1) is 13.8. The zero-order valence-electron chi connectivity index (χ0n) is 16.8. The standard InChI is InChI=1S/C20H28N4O4S/c1-29(27,28)23-11-9-15-16(13-23)21-19(22-20(15)26)17-8-4-5-10-24(17)18(25)12-14-6-2-3-7-14/h2,6,14,17H,3-5,7-13H2,1H3,(H,21,22,26)/t14-,17+/m1/s1. The van der Waals surface area contributed by atoms with Gasteiger partial charge in [-0.2, -0.15) is 4.31 Å². The quantitative estimate of drug-likeness (QED) is 0.744. The molecule has 1 aromatic heterocycles. The average molecular weight is 421 g/mol. The topological polar surface area (TPSA) is 103 Å². The van der Waals surface area contributed by atoms with Crippen LogP contribution < -0.4 is 5.56 Å². The number of nitrogens with zero attached hydrogens (tertiary/aromatic N) is 3. The number of H-pyrrole nitrogens is 1. The van der Waals surface area contributed by atoms with Crippen LogP contribution in [0.3, 0.4) is 0 Å². The summed E-state index contributed by atoms with van der Waals surface area (Å²) in [5, 5.41) is 0. The van der Waals surface area contributed by atoms with Crippen LogP contribution in [0.4, 0.5) is 0 Å². The van der Waals surface area contributed by atoms with Gasteiger partial charge in [-0.25, -0.2) is 13.4 Å². The van der Waals surface area contributed by atoms with Gasteiger partial charge in [0.2, 0.25) is 15.9 Å². The summed E-state index contributed by atoms with van der Waals surface area (Å²) in [6.45, 7) is 1.06. The van der Waals surface area contributed by atoms with Crippen LogP contribution in [0.25, 0.3) is 0 Å². The first-order valence-electron chi connectivity index (χ1n) is 10.4. The number of rotatable bonds is 4. The summed E-state index contributed by atoms with van der Waals surface area (Å²) < 4.78 is 25.2. The number of sulfonamides is 1. The third kappa shape index (κ3) is 4.30. The Hall–Kier alpha value is -2.00. The van der Waals surface area contributed by atoms with Crippen molar-refractivity contribution in [3.05, 3.63) is 39.6 Å². The summed E-state index contributed by atoms with van der Waals surface area (Å²) in [6.07, 6.45) is 11.0. The lowest BCUT2D eigenvalue weighted by atomic mass is 9.98. The zero-order chi connectivity index (χ0) is 20.6. The molecule has 1 aromatic rings. The predicted octanol–water partition coefficient (Wildman–Crippen LogP) is 1.50. The number of amides is 1. The van der Waals surface area contributed by atoms with Gasteiger partial charge in [0.25, 0.3) is 5.56 Å². The molecule has 9 heteroatoms. The van der Waals surface area contributed by atoms with Gasteiger partial charge in [0.05, 0.1) is 24.5 Å². The Morgan fingerprint density at radius 2 is 2.10 bits per heavy atom. The van der Waals surface area contributed by atoms with E-state index in [1.54, 1.807) is 0 Å². The number of nitrogens with one attached hydrogen (secondary N) is 1. The molecule has 2 aliphatic heterocycles. The van der Waals surface area contributed by atoms with Crippen molar-refractivity contribution in [2.75, 3.05) is 19.3 Å². The Balaban J connectivity index is 1.60. The normalized spacial score (nSPS) is 25.2. The lowest BCUT2D eigenvalue weighted by Crippen LogP contribution is -2.42. The molecule has 0 spiro atoms. The van der Waals surface area contributed by atoms with Crippen molar-refractivity contribution in [1.29, 1.82) is 0 Å². The number of carbonyl (C=O) groups is 1. The molecular formula is C20H28N4O4S. The van der Waals surface area contributed by atoms with Crippen molar-refractivity contribution >= 4 is 15.9 Å². The van der Waals surface area contributed by atoms with Crippen LogP contribution in [-0.4, -0.2) is 52.8 Å². The fourth-order valence-corrected chi connectivity index (χ4v) is 5.38. The molecule has 1 fully saturated rings. The number of fused-ring (bicyclic) bond motifs is 1. The van der Waals surface area contributed by atoms with E-state index in [-0.39, 0.29) is 24.1 Å². The second kappa shape index (κ2) is 8.02. The molecule has 0 radical (unpaired) electrons. The van der Waals surface area contributed by atoms with E-state index in [4.69, 9.17) is 0 Å². The molecule has 0 saturated carbocycles. The molecule has 2 atom stereocenters. The Kier molecular flexibility index (Phi) is 5.61. The van der Waals surface area contributed by atoms with E-state index in [1.807, 2.05) is 4.90 Å². The van der Waals surface area contributed by atoms with Crippen LogP contribution in [0.1, 0.15) is 61.6 Å². The monoisotopic (exact) mass is 420 g/mol. The number of allylic oxidation sites excluding steroid dienone is 2. The van der Waals surface area contributed by atoms with Gasteiger partial charge in [-0.1, -0.05) is 12.2 Å². The van der Waals surface area contributed by atoms with E-state index in [2.05, 4.69) is 22.1 Å². The molecular weight excluding hydrogens is 392 g/mol. The number of carbonyl (C=O) groups excluding carboxylic acids is 1. The SMILES string of the molecule is CS(=O)(=O)N1CCc2c(nc([C@@H]3CCCCN3C(=O)C[C@@H]3C=CCC3)[nH]c2=O)C1. The van der Waals surface area contributed by atoms with Gasteiger partial charge in [-0.15, -0.1) is 0 Å². The molecule has 29 heavy (non-hydrogen) atoms. The van der Waals surface area contributed by atoms with Crippen LogP contribution >= 0.6 is 0 Å². The van der Waals surface area contributed by atoms with E-state index in [9.17, 15) is 18.0 Å². The van der Waals surface area contributed by atoms with Crippen LogP contribution in [0.5, 0.6) is 0 Å². The second-order valence-electron chi connectivity index (χ2n) is 8.29. The number of hydrogen-bond donors (Lipinski definition) is 1. The van der Waals surface area contributed by atoms with Crippen LogP contribution in [0.15, 0.2) is 16.9 Å². The largest absolute Gasteiger partial charge is 0.332 e. The smallest absolute Gasteiger partial charge is 0.254 e. The number of hydrogen-bond acceptors (Lipinski definition) is 5. The van der Waals surface area contributed by atoms with Gasteiger partial charge in [0.15, 0.2) is 0 Å². The van der Waals surface area contributed by atoms with Crippen LogP contribution in [0.2, 0.25) is 0 Å². The third-order valence-electron chi connectivity index (χ3n) is 6.21. The minimum Gasteiger partial charge on any atom is -0.332 e. The molecule has 3 heterocycles. The van der Waals surface area contributed by atoms with Gasteiger partial charge in [0.1, 0.15) is 5.82 Å². The van der Waals surface area contributed by atoms with E-state index < -0.39 is 10.0 Å². The minimum absolute atomic E-state index is 0.101. The first kappa shape index (κ1) is 20.3. The van der Waals surface area contributed by atoms with Crippen LogP contribution in [0, 0.1) is 5.92 Å². The zero-order valence-corrected chi connectivity index (χ0v) is 17.6. The van der Waals surface area contributed by atoms with Crippen molar-refractivity contribution in [3.63, 3.8) is 0 Å². The summed E-state index contributed by atoms with van der Waals surface area (Å²) in [5.74, 6) is 0.882. The molecule has 1 amide bonds. The molecule has 0 unspecified atom stereocenters. The van der Waals surface area contributed by atoms with Crippen molar-refractivity contribution in [3.8, 4) is 0 Å². The number of likely N-dealkylation sites (tertiary alicyclic amines) is 1. The van der Waals surface area contributed by atoms with E-state index in [0.29, 0.717) is 48.9 Å². The fraction of sp³-hybridized carbons (Fsp3) is 0.650. The van der Waals surface area contributed by atoms with Gasteiger partial charge < -0.3 is 9.88 Å². The highest BCUT2D eigenvalue weighted by Crippen LogP contribution is 2.31. The Bertz CT molecular complexity index is 985. The van der Waals surface area contributed by atoms with Gasteiger partial charge in [-0.05, 0) is 44.4 Å². The third-order valence-corrected chi connectivity index (χ3v) is 7.46. The molecule has 0 aromatic carbocycles. The molecule has 4 rings (SSSR count). The molecule has 3 aliphatic rings. The Morgan fingerprint density at radius 3 is 2.83 bits per heavy atom. The summed E-state index contributed by atoms with van der Waals surface area (Å²) >= 11 is 0. The van der Waals surface area contributed by atoms with Crippen molar-refractivity contribution in [2.24, 2.45) is 5.92 Å². The lowest BCUT2D eigenvalue weighted by molar-refractivity contribution is -0.136. The molecule has 1 N–H and O–H groups in total. The minimum atomic E-state index is -3.35. The summed E-state index contributed by atoms with van der Waals surface area (Å²) in [4.78, 5) is 35.1. The highest BCUT2D eigenvalue weighted by Gasteiger charge is 2.33. The molecule has 0 bridgehead atoms. The number of aromatic amines is 1. The van der Waals surface area contributed by atoms with Crippen molar-refractivity contribution in [2.45, 2.75) is 57.5 Å². The first-order valence-corrected chi connectivity index (χ1v) is 12.2. The van der Waals surface area contributed by atoms with Crippen molar-refractivity contribution in [1.82, 2.24) is 19.2 Å². The van der Waals surface area contributed by atoms with Gasteiger partial charge in [0, 0.05) is 25.1 Å². The van der Waals surface area contributed by atoms with E-state index >= 15 is 0 Å². The molecule has 1 aliphatic carbocycles. The molecule has 158 valence electrons. The maximum absolute atomic E-state index is 13.0. The van der Waals surface area contributed by atoms with Crippen LogP contribution in [-0.2, 0) is 27.8 Å². The summed E-state index contributed by atoms with van der Waals surface area (Å²) in [5.41, 5.74) is 0.852. The molecule has 8 nitrogen and oxygen atoms in total. The number of aromatic nitrogens is 2. The fourth-order valence-electron chi connectivity index (χ4n) is 4.60. The van der Waals surface area contributed by atoms with Gasteiger partial charge >= 0.3 is 0 Å². The lowest BCUT2D eigenvalue weighted by Gasteiger charge is -2.36. The maximum Gasteiger partial charge on any atom is 0.254 e. The highest BCUT2D eigenvalue weighted by atomic mass is 32.2. The van der Waals surface area contributed by atoms with Gasteiger partial charge in [-0.3, -0.25) is 9.59 Å². The Labute approximate surface area is 171 Å². The Morgan fingerprint density at radius 1 is 1.28 bits per heavy atom. The number of piperidine rings is 1. The summed E-state index contributed by atoms with van der Waals surface area (Å²) in [6, 6.07) is -0.256. The average Bonchev–Trinajstić information content (AvgIpc) is 3.20. The summed E-state index contributed by atoms with van der Waals surface area (Å²) in [7, 11) is -3.35. The van der Waals surface area contributed by atoms with E-state index in [1.165, 1.54) is 10.6 Å². The molecule has 1 saturated heterocycles. The maximum atomic E-state index is 13.0. The highest BCUT2D eigenvalue weighted by molar-refractivity contribution is 7.88.